The zero-order chi connectivity index (χ0) is 10.1. The maximum absolute atomic E-state index is 9.32. The molecule has 1 aromatic heterocycles. The van der Waals surface area contributed by atoms with Gasteiger partial charge in [0.25, 0.3) is 0 Å². The van der Waals surface area contributed by atoms with Gasteiger partial charge in [-0.25, -0.2) is 0 Å². The van der Waals surface area contributed by atoms with Crippen molar-refractivity contribution >= 4 is 23.5 Å². The molecule has 0 aromatic carbocycles. The summed E-state index contributed by atoms with van der Waals surface area (Å²) in [6.45, 7) is 1.22. The zero-order valence-electron chi connectivity index (χ0n) is 7.39. The molecule has 0 amide bonds. The van der Waals surface area contributed by atoms with E-state index in [1.807, 2.05) is 4.90 Å². The molecule has 1 atom stereocenters. The molecule has 0 saturated carbocycles. The Kier molecular flexibility index (Phi) is 2.39. The summed E-state index contributed by atoms with van der Waals surface area (Å²) in [5.41, 5.74) is 5.43. The van der Waals surface area contributed by atoms with E-state index in [2.05, 4.69) is 15.0 Å². The summed E-state index contributed by atoms with van der Waals surface area (Å²) in [6, 6.07) is 0. The Balaban J connectivity index is 2.23. The minimum absolute atomic E-state index is 0.0777. The van der Waals surface area contributed by atoms with Gasteiger partial charge >= 0.3 is 0 Å². The summed E-state index contributed by atoms with van der Waals surface area (Å²) < 4.78 is 0. The number of aliphatic hydroxyl groups is 1. The minimum Gasteiger partial charge on any atom is -0.391 e. The summed E-state index contributed by atoms with van der Waals surface area (Å²) in [5, 5.41) is 9.40. The lowest BCUT2D eigenvalue weighted by molar-refractivity contribution is 0.198. The van der Waals surface area contributed by atoms with Crippen LogP contribution in [0.4, 0.5) is 11.9 Å². The molecular formula is C7H10ClN5O. The minimum atomic E-state index is -0.327. The first-order valence-corrected chi connectivity index (χ1v) is 4.63. The molecule has 3 N–H and O–H groups in total. The van der Waals surface area contributed by atoms with Crippen LogP contribution in [0, 0.1) is 0 Å². The molecule has 1 saturated heterocycles. The topological polar surface area (TPSA) is 88.2 Å². The van der Waals surface area contributed by atoms with Crippen molar-refractivity contribution in [3.8, 4) is 0 Å². The average molecular weight is 216 g/mol. The Bertz CT molecular complexity index is 327. The van der Waals surface area contributed by atoms with E-state index in [4.69, 9.17) is 17.3 Å². The van der Waals surface area contributed by atoms with Crippen molar-refractivity contribution in [3.05, 3.63) is 5.28 Å². The number of hydrogen-bond acceptors (Lipinski definition) is 6. The van der Waals surface area contributed by atoms with Gasteiger partial charge in [0.15, 0.2) is 0 Å². The van der Waals surface area contributed by atoms with Crippen molar-refractivity contribution in [2.45, 2.75) is 12.5 Å². The van der Waals surface area contributed by atoms with Gasteiger partial charge in [-0.2, -0.15) is 15.0 Å². The Hall–Kier alpha value is -1.14. The fourth-order valence-corrected chi connectivity index (χ4v) is 1.58. The fourth-order valence-electron chi connectivity index (χ4n) is 1.42. The molecule has 6 nitrogen and oxygen atoms in total. The molecule has 1 aromatic rings. The number of nitrogens with two attached hydrogens (primary N) is 1. The van der Waals surface area contributed by atoms with E-state index in [-0.39, 0.29) is 17.3 Å². The first-order chi connectivity index (χ1) is 6.65. The third kappa shape index (κ3) is 1.85. The van der Waals surface area contributed by atoms with E-state index in [1.165, 1.54) is 0 Å². The molecular weight excluding hydrogens is 206 g/mol. The lowest BCUT2D eigenvalue weighted by Crippen LogP contribution is -2.24. The summed E-state index contributed by atoms with van der Waals surface area (Å²) in [4.78, 5) is 13.3. The van der Waals surface area contributed by atoms with Crippen LogP contribution in [0.2, 0.25) is 5.28 Å². The van der Waals surface area contributed by atoms with E-state index in [0.29, 0.717) is 25.5 Å². The zero-order valence-corrected chi connectivity index (χ0v) is 8.15. The summed E-state index contributed by atoms with van der Waals surface area (Å²) >= 11 is 5.63. The third-order valence-corrected chi connectivity index (χ3v) is 2.23. The van der Waals surface area contributed by atoms with Crippen molar-refractivity contribution in [1.82, 2.24) is 15.0 Å². The average Bonchev–Trinajstić information content (AvgIpc) is 2.50. The number of aromatic nitrogens is 3. The van der Waals surface area contributed by atoms with Crippen LogP contribution in [0.25, 0.3) is 0 Å². The molecule has 2 rings (SSSR count). The quantitative estimate of drug-likeness (QED) is 0.668. The molecule has 1 aliphatic rings. The van der Waals surface area contributed by atoms with E-state index in [0.717, 1.165) is 0 Å². The number of nitrogen functional groups attached to an aromatic ring is 1. The number of β-amino-alcohol motifs (C(OH)–C–C–N with tert-alkyl or cyclic N) is 1. The number of halogens is 1. The first kappa shape index (κ1) is 9.42. The van der Waals surface area contributed by atoms with Crippen LogP contribution in [-0.2, 0) is 0 Å². The molecule has 14 heavy (non-hydrogen) atoms. The van der Waals surface area contributed by atoms with Crippen LogP contribution in [0.5, 0.6) is 0 Å². The normalized spacial score (nSPS) is 21.6. The Morgan fingerprint density at radius 2 is 2.21 bits per heavy atom. The maximum atomic E-state index is 9.32. The van der Waals surface area contributed by atoms with Crippen LogP contribution in [-0.4, -0.2) is 39.3 Å². The Labute approximate surface area is 85.7 Å². The predicted octanol–water partition coefficient (Wildman–Crippen LogP) is -0.322. The lowest BCUT2D eigenvalue weighted by Gasteiger charge is -2.14. The van der Waals surface area contributed by atoms with Gasteiger partial charge in [-0.3, -0.25) is 0 Å². The SMILES string of the molecule is Nc1nc(Cl)nc(N2CCC(O)C2)n1. The van der Waals surface area contributed by atoms with Gasteiger partial charge in [-0.05, 0) is 18.0 Å². The smallest absolute Gasteiger partial charge is 0.231 e. The van der Waals surface area contributed by atoms with Gasteiger partial charge in [0, 0.05) is 13.1 Å². The highest BCUT2D eigenvalue weighted by atomic mass is 35.5. The first-order valence-electron chi connectivity index (χ1n) is 4.25. The van der Waals surface area contributed by atoms with E-state index >= 15 is 0 Å². The second-order valence-corrected chi connectivity index (χ2v) is 3.49. The van der Waals surface area contributed by atoms with Crippen LogP contribution in [0.15, 0.2) is 0 Å². The van der Waals surface area contributed by atoms with Crippen LogP contribution < -0.4 is 10.6 Å². The number of aliphatic hydroxyl groups excluding tert-OH is 1. The van der Waals surface area contributed by atoms with Crippen LogP contribution >= 0.6 is 11.6 Å². The summed E-state index contributed by atoms with van der Waals surface area (Å²) in [5.74, 6) is 0.528. The molecule has 0 radical (unpaired) electrons. The van der Waals surface area contributed by atoms with Gasteiger partial charge in [-0.1, -0.05) is 0 Å². The van der Waals surface area contributed by atoms with Gasteiger partial charge in [0.1, 0.15) is 0 Å². The molecule has 0 spiro atoms. The van der Waals surface area contributed by atoms with Crippen LogP contribution in [0.3, 0.4) is 0 Å². The molecule has 0 bridgehead atoms. The van der Waals surface area contributed by atoms with Crippen molar-refractivity contribution in [2.75, 3.05) is 23.7 Å². The number of anilines is 2. The van der Waals surface area contributed by atoms with Gasteiger partial charge in [-0.15, -0.1) is 0 Å². The highest BCUT2D eigenvalue weighted by Crippen LogP contribution is 2.17. The highest BCUT2D eigenvalue weighted by molar-refractivity contribution is 6.28. The number of hydrogen-bond donors (Lipinski definition) is 2. The third-order valence-electron chi connectivity index (χ3n) is 2.06. The largest absolute Gasteiger partial charge is 0.391 e. The predicted molar refractivity (Wildman–Crippen MR) is 52.1 cm³/mol. The molecule has 76 valence electrons. The van der Waals surface area contributed by atoms with Gasteiger partial charge < -0.3 is 15.7 Å². The second kappa shape index (κ2) is 3.55. The molecule has 1 aliphatic heterocycles. The van der Waals surface area contributed by atoms with E-state index in [1.54, 1.807) is 0 Å². The summed E-state index contributed by atoms with van der Waals surface area (Å²) in [6.07, 6.45) is 0.384. The van der Waals surface area contributed by atoms with Crippen molar-refractivity contribution in [1.29, 1.82) is 0 Å². The molecule has 2 heterocycles. The highest BCUT2D eigenvalue weighted by Gasteiger charge is 2.22. The molecule has 0 aliphatic carbocycles. The number of rotatable bonds is 1. The number of nitrogens with zero attached hydrogens (tertiary/aromatic N) is 4. The monoisotopic (exact) mass is 215 g/mol. The van der Waals surface area contributed by atoms with Gasteiger partial charge in [0.05, 0.1) is 6.10 Å². The van der Waals surface area contributed by atoms with E-state index < -0.39 is 0 Å². The van der Waals surface area contributed by atoms with Crippen molar-refractivity contribution < 1.29 is 5.11 Å². The molecule has 1 unspecified atom stereocenters. The standard InChI is InChI=1S/C7H10ClN5O/c8-5-10-6(9)12-7(11-5)13-2-1-4(14)3-13/h4,14H,1-3H2,(H2,9,10,11,12). The molecule has 7 heteroatoms. The van der Waals surface area contributed by atoms with E-state index in [9.17, 15) is 5.11 Å². The maximum Gasteiger partial charge on any atom is 0.231 e. The Morgan fingerprint density at radius 3 is 2.79 bits per heavy atom. The van der Waals surface area contributed by atoms with Crippen molar-refractivity contribution in [2.24, 2.45) is 0 Å². The fraction of sp³-hybridized carbons (Fsp3) is 0.571. The second-order valence-electron chi connectivity index (χ2n) is 3.15. The molecule has 1 fully saturated rings. The summed E-state index contributed by atoms with van der Waals surface area (Å²) in [7, 11) is 0. The van der Waals surface area contributed by atoms with Gasteiger partial charge in [0.2, 0.25) is 17.2 Å². The lowest BCUT2D eigenvalue weighted by atomic mass is 10.3. The van der Waals surface area contributed by atoms with Crippen LogP contribution in [0.1, 0.15) is 6.42 Å². The Morgan fingerprint density at radius 1 is 1.43 bits per heavy atom. The van der Waals surface area contributed by atoms with Crippen molar-refractivity contribution in [3.63, 3.8) is 0 Å².